The molecule has 1 aliphatic heterocycles. The van der Waals surface area contributed by atoms with Gasteiger partial charge in [-0.1, -0.05) is 6.07 Å². The summed E-state index contributed by atoms with van der Waals surface area (Å²) in [7, 11) is 1.48. The summed E-state index contributed by atoms with van der Waals surface area (Å²) in [6.07, 6.45) is 0.661. The minimum Gasteiger partial charge on any atom is -0.481 e. The maximum absolute atomic E-state index is 14.3. The highest BCUT2D eigenvalue weighted by molar-refractivity contribution is 7.21. The molecule has 140 valence electrons. The van der Waals surface area contributed by atoms with E-state index in [0.717, 1.165) is 0 Å². The molecule has 0 unspecified atom stereocenters. The summed E-state index contributed by atoms with van der Waals surface area (Å²) >= 11 is 1.18. The van der Waals surface area contributed by atoms with Crippen LogP contribution in [0.1, 0.15) is 34.5 Å². The zero-order chi connectivity index (χ0) is 18.7. The van der Waals surface area contributed by atoms with E-state index >= 15 is 0 Å². The van der Waals surface area contributed by atoms with Crippen LogP contribution in [0, 0.1) is 5.82 Å². The minimum absolute atomic E-state index is 0.0960. The van der Waals surface area contributed by atoms with Crippen molar-refractivity contribution in [3.05, 3.63) is 34.5 Å². The van der Waals surface area contributed by atoms with Crippen LogP contribution >= 0.6 is 11.3 Å². The van der Waals surface area contributed by atoms with Gasteiger partial charge in [-0.15, -0.1) is 11.3 Å². The zero-order valence-corrected chi connectivity index (χ0v) is 15.2. The van der Waals surface area contributed by atoms with Gasteiger partial charge in [0.1, 0.15) is 5.82 Å². The molecule has 2 heterocycles. The third-order valence-electron chi connectivity index (χ3n) is 4.58. The maximum atomic E-state index is 14.3. The first-order chi connectivity index (χ1) is 12.5. The Morgan fingerprint density at radius 3 is 2.77 bits per heavy atom. The van der Waals surface area contributed by atoms with Crippen molar-refractivity contribution in [3.8, 4) is 0 Å². The number of aliphatic carboxylic acids is 1. The van der Waals surface area contributed by atoms with Crippen molar-refractivity contribution in [3.63, 3.8) is 0 Å². The number of hydrogen-bond donors (Lipinski definition) is 2. The zero-order valence-electron chi connectivity index (χ0n) is 14.3. The molecule has 26 heavy (non-hydrogen) atoms. The van der Waals surface area contributed by atoms with Crippen LogP contribution in [-0.4, -0.2) is 42.8 Å². The molecule has 2 aromatic rings. The van der Waals surface area contributed by atoms with E-state index in [4.69, 9.17) is 9.47 Å². The predicted molar refractivity (Wildman–Crippen MR) is 95.0 cm³/mol. The molecule has 0 bridgehead atoms. The molecular formula is C18H20FNO5S. The van der Waals surface area contributed by atoms with E-state index in [-0.39, 0.29) is 13.0 Å². The van der Waals surface area contributed by atoms with Crippen molar-refractivity contribution in [2.75, 3.05) is 20.3 Å². The first kappa shape index (κ1) is 18.8. The highest BCUT2D eigenvalue weighted by Gasteiger charge is 2.37. The van der Waals surface area contributed by atoms with Crippen LogP contribution in [0.4, 0.5) is 4.39 Å². The van der Waals surface area contributed by atoms with E-state index < -0.39 is 23.2 Å². The fourth-order valence-corrected chi connectivity index (χ4v) is 4.45. The second-order valence-electron chi connectivity index (χ2n) is 6.37. The second kappa shape index (κ2) is 7.69. The highest BCUT2D eigenvalue weighted by Crippen LogP contribution is 2.35. The number of carbonyl (C=O) groups is 2. The number of rotatable bonds is 6. The molecule has 0 atom stereocenters. The number of carbonyl (C=O) groups excluding carboxylic acids is 1. The summed E-state index contributed by atoms with van der Waals surface area (Å²) in [5, 5.41) is 12.5. The lowest BCUT2D eigenvalue weighted by Crippen LogP contribution is -2.53. The van der Waals surface area contributed by atoms with Crippen LogP contribution in [0.5, 0.6) is 0 Å². The summed E-state index contributed by atoms with van der Waals surface area (Å²) in [5.74, 6) is -1.79. The van der Waals surface area contributed by atoms with E-state index in [2.05, 4.69) is 5.32 Å². The monoisotopic (exact) mass is 381 g/mol. The van der Waals surface area contributed by atoms with Gasteiger partial charge in [-0.3, -0.25) is 9.59 Å². The summed E-state index contributed by atoms with van der Waals surface area (Å²) < 4.78 is 25.4. The lowest BCUT2D eigenvalue weighted by atomic mass is 9.86. The smallest absolute Gasteiger partial charge is 0.305 e. The Bertz CT molecular complexity index is 828. The lowest BCUT2D eigenvalue weighted by molar-refractivity contribution is -0.139. The van der Waals surface area contributed by atoms with Gasteiger partial charge in [0.2, 0.25) is 0 Å². The maximum Gasteiger partial charge on any atom is 0.305 e. The largest absolute Gasteiger partial charge is 0.481 e. The van der Waals surface area contributed by atoms with Crippen LogP contribution in [0.2, 0.25) is 0 Å². The third kappa shape index (κ3) is 3.72. The van der Waals surface area contributed by atoms with Gasteiger partial charge in [0, 0.05) is 36.0 Å². The number of thiophene rings is 1. The van der Waals surface area contributed by atoms with E-state index in [0.29, 0.717) is 46.6 Å². The molecule has 1 aliphatic rings. The molecule has 1 aromatic heterocycles. The number of hydrogen-bond acceptors (Lipinski definition) is 5. The van der Waals surface area contributed by atoms with Crippen LogP contribution in [0.3, 0.4) is 0 Å². The number of halogens is 1. The van der Waals surface area contributed by atoms with Gasteiger partial charge in [0.25, 0.3) is 5.91 Å². The van der Waals surface area contributed by atoms with Gasteiger partial charge in [-0.05, 0) is 25.0 Å². The number of nitrogens with one attached hydrogen (secondary N) is 1. The summed E-state index contributed by atoms with van der Waals surface area (Å²) in [5.41, 5.74) is -0.374. The van der Waals surface area contributed by atoms with E-state index in [1.165, 1.54) is 24.5 Å². The predicted octanol–water partition coefficient (Wildman–Crippen LogP) is 2.94. The van der Waals surface area contributed by atoms with Gasteiger partial charge in [-0.2, -0.15) is 0 Å². The molecule has 0 aliphatic carbocycles. The first-order valence-corrected chi connectivity index (χ1v) is 9.08. The standard InChI is InChI=1S/C18H20FNO5S/c1-24-10-11-15-12(19)3-2-4-13(15)26-16(11)17(23)20-18(9-14(21)22)5-7-25-8-6-18/h2-4H,5-10H2,1H3,(H,20,23)(H,21,22). The molecule has 0 spiro atoms. The van der Waals surface area contributed by atoms with Gasteiger partial charge in [0.15, 0.2) is 0 Å². The summed E-state index contributed by atoms with van der Waals surface area (Å²) in [6, 6.07) is 4.69. The second-order valence-corrected chi connectivity index (χ2v) is 7.43. The number of amides is 1. The average Bonchev–Trinajstić information content (AvgIpc) is 2.95. The Balaban J connectivity index is 1.97. The molecule has 2 N–H and O–H groups in total. The van der Waals surface area contributed by atoms with Crippen molar-refractivity contribution in [2.24, 2.45) is 0 Å². The number of carboxylic acids is 1. The SMILES string of the molecule is COCc1c(C(=O)NC2(CC(=O)O)CCOCC2)sc2cccc(F)c12. The number of benzene rings is 1. The quantitative estimate of drug-likeness (QED) is 0.804. The van der Waals surface area contributed by atoms with Crippen molar-refractivity contribution in [2.45, 2.75) is 31.4 Å². The minimum atomic E-state index is -0.980. The van der Waals surface area contributed by atoms with E-state index in [1.54, 1.807) is 12.1 Å². The average molecular weight is 381 g/mol. The Hall–Kier alpha value is -2.03. The Kier molecular flexibility index (Phi) is 5.55. The Morgan fingerprint density at radius 1 is 1.38 bits per heavy atom. The first-order valence-electron chi connectivity index (χ1n) is 8.27. The molecule has 6 nitrogen and oxygen atoms in total. The van der Waals surface area contributed by atoms with Crippen LogP contribution in [0.15, 0.2) is 18.2 Å². The van der Waals surface area contributed by atoms with Crippen LogP contribution in [-0.2, 0) is 20.9 Å². The molecular weight excluding hydrogens is 361 g/mol. The third-order valence-corrected chi connectivity index (χ3v) is 5.77. The lowest BCUT2D eigenvalue weighted by Gasteiger charge is -2.36. The molecule has 8 heteroatoms. The molecule has 0 radical (unpaired) electrons. The highest BCUT2D eigenvalue weighted by atomic mass is 32.1. The van der Waals surface area contributed by atoms with Gasteiger partial charge < -0.3 is 19.9 Å². The number of ether oxygens (including phenoxy) is 2. The van der Waals surface area contributed by atoms with Crippen LogP contribution < -0.4 is 5.32 Å². The van der Waals surface area contributed by atoms with Crippen molar-refractivity contribution in [1.29, 1.82) is 0 Å². The molecule has 3 rings (SSSR count). The molecule has 1 aromatic carbocycles. The molecule has 0 saturated carbocycles. The van der Waals surface area contributed by atoms with Gasteiger partial charge in [-0.25, -0.2) is 4.39 Å². The fraction of sp³-hybridized carbons (Fsp3) is 0.444. The summed E-state index contributed by atoms with van der Waals surface area (Å²) in [4.78, 5) is 24.6. The van der Waals surface area contributed by atoms with Crippen molar-refractivity contribution in [1.82, 2.24) is 5.32 Å². The molecule has 1 amide bonds. The van der Waals surface area contributed by atoms with Gasteiger partial charge >= 0.3 is 5.97 Å². The topological polar surface area (TPSA) is 84.9 Å². The number of methoxy groups -OCH3 is 1. The normalized spacial score (nSPS) is 16.5. The van der Waals surface area contributed by atoms with Crippen LogP contribution in [0.25, 0.3) is 10.1 Å². The fourth-order valence-electron chi connectivity index (χ4n) is 3.33. The van der Waals surface area contributed by atoms with Crippen molar-refractivity contribution >= 4 is 33.3 Å². The number of fused-ring (bicyclic) bond motifs is 1. The number of carboxylic acid groups (broad SMARTS) is 1. The molecule has 1 fully saturated rings. The van der Waals surface area contributed by atoms with E-state index in [9.17, 15) is 19.1 Å². The van der Waals surface area contributed by atoms with Crippen molar-refractivity contribution < 1.29 is 28.6 Å². The Labute approximate surface area is 153 Å². The Morgan fingerprint density at radius 2 is 2.12 bits per heavy atom. The van der Waals surface area contributed by atoms with E-state index in [1.807, 2.05) is 0 Å². The molecule has 1 saturated heterocycles. The van der Waals surface area contributed by atoms with Gasteiger partial charge in [0.05, 0.1) is 23.4 Å². The summed E-state index contributed by atoms with van der Waals surface area (Å²) in [6.45, 7) is 0.873.